The van der Waals surface area contributed by atoms with Gasteiger partial charge in [-0.3, -0.25) is 4.90 Å². The lowest BCUT2D eigenvalue weighted by Gasteiger charge is -2.35. The fourth-order valence-corrected chi connectivity index (χ4v) is 2.72. The molecular weight excluding hydrogens is 265 g/mol. The van der Waals surface area contributed by atoms with Crippen LogP contribution in [0.5, 0.6) is 0 Å². The summed E-state index contributed by atoms with van der Waals surface area (Å²) >= 11 is 0. The van der Waals surface area contributed by atoms with Gasteiger partial charge in [-0.1, -0.05) is 19.8 Å². The van der Waals surface area contributed by atoms with Gasteiger partial charge in [0.1, 0.15) is 0 Å². The topological polar surface area (TPSA) is 15.3 Å². The maximum absolute atomic E-state index is 13.4. The molecule has 2 rings (SSSR count). The molecule has 0 aromatic heterocycles. The van der Waals surface area contributed by atoms with Crippen molar-refractivity contribution in [1.82, 2.24) is 10.2 Å². The van der Waals surface area contributed by atoms with E-state index in [4.69, 9.17) is 0 Å². The van der Waals surface area contributed by atoms with Crippen LogP contribution in [0, 0.1) is 17.5 Å². The average Bonchev–Trinajstić information content (AvgIpc) is 2.46. The van der Waals surface area contributed by atoms with Crippen LogP contribution in [0.1, 0.15) is 37.8 Å². The number of nitrogens with one attached hydrogen (secondary N) is 1. The molecule has 0 bridgehead atoms. The number of halogens is 3. The van der Waals surface area contributed by atoms with Crippen LogP contribution in [-0.2, 0) is 0 Å². The lowest BCUT2D eigenvalue weighted by atomic mass is 9.98. The number of unbranched alkanes of at least 4 members (excludes halogenated alkanes) is 1. The predicted octanol–water partition coefficient (Wildman–Crippen LogP) is 3.24. The Kier molecular flexibility index (Phi) is 5.43. The van der Waals surface area contributed by atoms with Crippen molar-refractivity contribution in [2.75, 3.05) is 26.2 Å². The second-order valence-corrected chi connectivity index (χ2v) is 5.24. The summed E-state index contributed by atoms with van der Waals surface area (Å²) in [7, 11) is 0. The fraction of sp³-hybridized carbons (Fsp3) is 0.600. The first-order chi connectivity index (χ1) is 9.63. The summed E-state index contributed by atoms with van der Waals surface area (Å²) in [6.07, 6.45) is 2.84. The SMILES string of the molecule is CCCC[C@@H](c1cc(F)c(F)c(F)c1)N1CCNCC1. The Bertz CT molecular complexity index is 422. The van der Waals surface area contributed by atoms with Gasteiger partial charge in [-0.2, -0.15) is 0 Å². The molecule has 1 fully saturated rings. The number of nitrogens with zero attached hydrogens (tertiary/aromatic N) is 1. The van der Waals surface area contributed by atoms with E-state index in [-0.39, 0.29) is 6.04 Å². The van der Waals surface area contributed by atoms with Gasteiger partial charge in [-0.15, -0.1) is 0 Å². The van der Waals surface area contributed by atoms with Crippen molar-refractivity contribution in [3.63, 3.8) is 0 Å². The second-order valence-electron chi connectivity index (χ2n) is 5.24. The molecule has 1 atom stereocenters. The molecule has 20 heavy (non-hydrogen) atoms. The molecule has 0 radical (unpaired) electrons. The highest BCUT2D eigenvalue weighted by atomic mass is 19.2. The molecule has 1 aliphatic heterocycles. The van der Waals surface area contributed by atoms with Crippen LogP contribution >= 0.6 is 0 Å². The van der Waals surface area contributed by atoms with Gasteiger partial charge in [0.15, 0.2) is 17.5 Å². The first-order valence-corrected chi connectivity index (χ1v) is 7.22. The lowest BCUT2D eigenvalue weighted by Crippen LogP contribution is -2.45. The molecule has 1 aromatic rings. The van der Waals surface area contributed by atoms with E-state index < -0.39 is 17.5 Å². The van der Waals surface area contributed by atoms with Gasteiger partial charge in [0.2, 0.25) is 0 Å². The fourth-order valence-electron chi connectivity index (χ4n) is 2.72. The predicted molar refractivity (Wildman–Crippen MR) is 73.0 cm³/mol. The highest BCUT2D eigenvalue weighted by Gasteiger charge is 2.24. The molecule has 1 aliphatic rings. The van der Waals surface area contributed by atoms with Crippen LogP contribution in [0.25, 0.3) is 0 Å². The Morgan fingerprint density at radius 3 is 2.30 bits per heavy atom. The summed E-state index contributed by atoms with van der Waals surface area (Å²) in [5.74, 6) is -3.59. The molecule has 112 valence electrons. The van der Waals surface area contributed by atoms with E-state index in [0.29, 0.717) is 5.56 Å². The molecule has 0 saturated carbocycles. The third-order valence-corrected chi connectivity index (χ3v) is 3.81. The third-order valence-electron chi connectivity index (χ3n) is 3.81. The van der Waals surface area contributed by atoms with Crippen LogP contribution in [0.2, 0.25) is 0 Å². The Morgan fingerprint density at radius 2 is 1.75 bits per heavy atom. The molecule has 5 heteroatoms. The van der Waals surface area contributed by atoms with E-state index in [2.05, 4.69) is 17.1 Å². The normalized spacial score (nSPS) is 18.2. The van der Waals surface area contributed by atoms with E-state index >= 15 is 0 Å². The Morgan fingerprint density at radius 1 is 1.15 bits per heavy atom. The second kappa shape index (κ2) is 7.09. The summed E-state index contributed by atoms with van der Waals surface area (Å²) < 4.78 is 40.0. The zero-order chi connectivity index (χ0) is 14.5. The molecule has 2 nitrogen and oxygen atoms in total. The summed E-state index contributed by atoms with van der Waals surface area (Å²) in [4.78, 5) is 2.22. The van der Waals surface area contributed by atoms with E-state index in [1.54, 1.807) is 0 Å². The van der Waals surface area contributed by atoms with E-state index in [9.17, 15) is 13.2 Å². The number of piperazine rings is 1. The zero-order valence-corrected chi connectivity index (χ0v) is 11.8. The Labute approximate surface area is 118 Å². The molecule has 1 heterocycles. The van der Waals surface area contributed by atoms with Gasteiger partial charge in [-0.05, 0) is 24.1 Å². The highest BCUT2D eigenvalue weighted by molar-refractivity contribution is 5.23. The van der Waals surface area contributed by atoms with Crippen molar-refractivity contribution < 1.29 is 13.2 Å². The molecule has 0 aliphatic carbocycles. The van der Waals surface area contributed by atoms with Gasteiger partial charge >= 0.3 is 0 Å². The minimum absolute atomic E-state index is 0.0401. The minimum atomic E-state index is -1.39. The molecule has 1 saturated heterocycles. The first kappa shape index (κ1) is 15.3. The largest absolute Gasteiger partial charge is 0.314 e. The van der Waals surface area contributed by atoms with Crippen molar-refractivity contribution in [1.29, 1.82) is 0 Å². The minimum Gasteiger partial charge on any atom is -0.314 e. The first-order valence-electron chi connectivity index (χ1n) is 7.22. The standard InChI is InChI=1S/C15H21F3N2/c1-2-3-4-14(20-7-5-19-6-8-20)11-9-12(16)15(18)13(17)10-11/h9-10,14,19H,2-8H2,1H3/t14-/m0/s1. The molecule has 0 amide bonds. The summed E-state index contributed by atoms with van der Waals surface area (Å²) in [5, 5.41) is 3.26. The van der Waals surface area contributed by atoms with Gasteiger partial charge < -0.3 is 5.32 Å². The summed E-state index contributed by atoms with van der Waals surface area (Å²) in [5.41, 5.74) is 0.539. The molecule has 0 unspecified atom stereocenters. The third kappa shape index (κ3) is 3.52. The lowest BCUT2D eigenvalue weighted by molar-refractivity contribution is 0.162. The van der Waals surface area contributed by atoms with Crippen molar-refractivity contribution >= 4 is 0 Å². The smallest absolute Gasteiger partial charge is 0.194 e. The number of benzene rings is 1. The number of hydrogen-bond donors (Lipinski definition) is 1. The van der Waals surface area contributed by atoms with Crippen molar-refractivity contribution in [2.45, 2.75) is 32.2 Å². The summed E-state index contributed by atoms with van der Waals surface area (Å²) in [6, 6.07) is 2.24. The molecule has 0 spiro atoms. The molecular formula is C15H21F3N2. The Hall–Kier alpha value is -1.07. The monoisotopic (exact) mass is 286 g/mol. The molecule has 1 aromatic carbocycles. The zero-order valence-electron chi connectivity index (χ0n) is 11.8. The van der Waals surface area contributed by atoms with Crippen molar-refractivity contribution in [3.05, 3.63) is 35.1 Å². The van der Waals surface area contributed by atoms with Crippen LogP contribution in [0.15, 0.2) is 12.1 Å². The number of rotatable bonds is 5. The van der Waals surface area contributed by atoms with Crippen molar-refractivity contribution in [2.24, 2.45) is 0 Å². The maximum atomic E-state index is 13.4. The molecule has 1 N–H and O–H groups in total. The summed E-state index contributed by atoms with van der Waals surface area (Å²) in [6.45, 7) is 5.51. The maximum Gasteiger partial charge on any atom is 0.194 e. The van der Waals surface area contributed by atoms with Crippen LogP contribution in [0.3, 0.4) is 0 Å². The van der Waals surface area contributed by atoms with Gasteiger partial charge in [0, 0.05) is 32.2 Å². The highest BCUT2D eigenvalue weighted by Crippen LogP contribution is 2.29. The van der Waals surface area contributed by atoms with E-state index in [0.717, 1.165) is 57.6 Å². The Balaban J connectivity index is 2.25. The average molecular weight is 286 g/mol. The quantitative estimate of drug-likeness (QED) is 0.836. The van der Waals surface area contributed by atoms with Gasteiger partial charge in [0.25, 0.3) is 0 Å². The van der Waals surface area contributed by atoms with E-state index in [1.165, 1.54) is 0 Å². The number of hydrogen-bond acceptors (Lipinski definition) is 2. The van der Waals surface area contributed by atoms with Crippen molar-refractivity contribution in [3.8, 4) is 0 Å². The van der Waals surface area contributed by atoms with Gasteiger partial charge in [-0.25, -0.2) is 13.2 Å². The van der Waals surface area contributed by atoms with Gasteiger partial charge in [0.05, 0.1) is 0 Å². The van der Waals surface area contributed by atoms with Crippen LogP contribution in [-0.4, -0.2) is 31.1 Å². The van der Waals surface area contributed by atoms with Crippen LogP contribution < -0.4 is 5.32 Å². The van der Waals surface area contributed by atoms with E-state index in [1.807, 2.05) is 0 Å². The van der Waals surface area contributed by atoms with Crippen LogP contribution in [0.4, 0.5) is 13.2 Å².